The summed E-state index contributed by atoms with van der Waals surface area (Å²) in [5, 5.41) is 4.43. The van der Waals surface area contributed by atoms with E-state index in [1.54, 1.807) is 0 Å². The van der Waals surface area contributed by atoms with Crippen LogP contribution in [0, 0.1) is 0 Å². The summed E-state index contributed by atoms with van der Waals surface area (Å²) in [6.45, 7) is 8.69. The molecule has 2 heterocycles. The molecule has 16 heavy (non-hydrogen) atoms. The number of likely N-dealkylation sites (tertiary alicyclic amines) is 1. The third-order valence-electron chi connectivity index (χ3n) is 2.82. The standard InChI is InChI=1S/C11H20N4S/c1-11(2,3)9-13-10(16-14-9)12-8-5-6-15(4)7-8/h8H,5-7H2,1-4H3,(H,12,13,14). The Morgan fingerprint density at radius 1 is 1.44 bits per heavy atom. The molecule has 0 aromatic carbocycles. The Morgan fingerprint density at radius 3 is 2.69 bits per heavy atom. The van der Waals surface area contributed by atoms with Crippen molar-refractivity contribution >= 4 is 16.7 Å². The summed E-state index contributed by atoms with van der Waals surface area (Å²) in [4.78, 5) is 6.88. The van der Waals surface area contributed by atoms with Gasteiger partial charge in [-0.3, -0.25) is 0 Å². The van der Waals surface area contributed by atoms with Gasteiger partial charge in [0.1, 0.15) is 5.82 Å². The zero-order valence-electron chi connectivity index (χ0n) is 10.4. The molecule has 0 spiro atoms. The number of nitrogens with zero attached hydrogens (tertiary/aromatic N) is 3. The monoisotopic (exact) mass is 240 g/mol. The maximum atomic E-state index is 4.55. The maximum absolute atomic E-state index is 4.55. The van der Waals surface area contributed by atoms with E-state index in [0.29, 0.717) is 6.04 Å². The summed E-state index contributed by atoms with van der Waals surface area (Å²) in [6.07, 6.45) is 1.20. The van der Waals surface area contributed by atoms with Crippen molar-refractivity contribution in [3.8, 4) is 0 Å². The van der Waals surface area contributed by atoms with Gasteiger partial charge in [-0.1, -0.05) is 20.8 Å². The van der Waals surface area contributed by atoms with Crippen molar-refractivity contribution in [3.63, 3.8) is 0 Å². The van der Waals surface area contributed by atoms with Crippen molar-refractivity contribution in [1.29, 1.82) is 0 Å². The van der Waals surface area contributed by atoms with Crippen molar-refractivity contribution in [2.24, 2.45) is 0 Å². The lowest BCUT2D eigenvalue weighted by molar-refractivity contribution is 0.414. The highest BCUT2D eigenvalue weighted by Crippen LogP contribution is 2.24. The number of anilines is 1. The molecule has 0 bridgehead atoms. The van der Waals surface area contributed by atoms with Crippen LogP contribution < -0.4 is 5.32 Å². The predicted molar refractivity (Wildman–Crippen MR) is 68.1 cm³/mol. The minimum absolute atomic E-state index is 0.0445. The lowest BCUT2D eigenvalue weighted by Crippen LogP contribution is -2.23. The molecule has 2 rings (SSSR count). The number of hydrogen-bond acceptors (Lipinski definition) is 5. The molecule has 0 amide bonds. The van der Waals surface area contributed by atoms with E-state index in [-0.39, 0.29) is 5.41 Å². The Hall–Kier alpha value is -0.680. The van der Waals surface area contributed by atoms with Crippen molar-refractivity contribution in [3.05, 3.63) is 5.82 Å². The highest BCUT2D eigenvalue weighted by atomic mass is 32.1. The topological polar surface area (TPSA) is 41.0 Å². The molecular weight excluding hydrogens is 220 g/mol. The van der Waals surface area contributed by atoms with E-state index in [2.05, 4.69) is 47.4 Å². The summed E-state index contributed by atoms with van der Waals surface area (Å²) in [5.74, 6) is 0.936. The molecule has 0 saturated carbocycles. The highest BCUT2D eigenvalue weighted by Gasteiger charge is 2.23. The van der Waals surface area contributed by atoms with Gasteiger partial charge >= 0.3 is 0 Å². The van der Waals surface area contributed by atoms with Crippen LogP contribution in [0.3, 0.4) is 0 Å². The molecule has 4 nitrogen and oxygen atoms in total. The van der Waals surface area contributed by atoms with Crippen molar-refractivity contribution in [2.45, 2.75) is 38.6 Å². The molecule has 0 radical (unpaired) electrons. The van der Waals surface area contributed by atoms with Gasteiger partial charge in [0.05, 0.1) is 0 Å². The van der Waals surface area contributed by atoms with Gasteiger partial charge in [-0.25, -0.2) is 4.98 Å². The first kappa shape index (κ1) is 11.8. The number of hydrogen-bond donors (Lipinski definition) is 1. The Morgan fingerprint density at radius 2 is 2.19 bits per heavy atom. The van der Waals surface area contributed by atoms with Crippen LogP contribution in [0.15, 0.2) is 0 Å². The first-order chi connectivity index (χ1) is 7.45. The molecule has 1 aliphatic heterocycles. The van der Waals surface area contributed by atoms with Gasteiger partial charge in [0.15, 0.2) is 0 Å². The largest absolute Gasteiger partial charge is 0.356 e. The Labute approximate surface area is 101 Å². The lowest BCUT2D eigenvalue weighted by atomic mass is 9.96. The van der Waals surface area contributed by atoms with E-state index >= 15 is 0 Å². The second-order valence-electron chi connectivity index (χ2n) is 5.57. The second kappa shape index (κ2) is 4.30. The van der Waals surface area contributed by atoms with Gasteiger partial charge in [-0.15, -0.1) is 0 Å². The maximum Gasteiger partial charge on any atom is 0.202 e. The molecule has 1 aromatic rings. The van der Waals surface area contributed by atoms with Crippen LogP contribution in [-0.4, -0.2) is 40.4 Å². The second-order valence-corrected chi connectivity index (χ2v) is 6.32. The van der Waals surface area contributed by atoms with Crippen LogP contribution in [-0.2, 0) is 5.41 Å². The molecule has 0 aliphatic carbocycles. The first-order valence-corrected chi connectivity index (χ1v) is 6.52. The summed E-state index contributed by atoms with van der Waals surface area (Å²) >= 11 is 1.47. The average Bonchev–Trinajstić information content (AvgIpc) is 2.74. The van der Waals surface area contributed by atoms with Crippen LogP contribution in [0.25, 0.3) is 0 Å². The van der Waals surface area contributed by atoms with E-state index in [1.165, 1.54) is 24.5 Å². The van der Waals surface area contributed by atoms with Gasteiger partial charge in [0, 0.05) is 29.5 Å². The zero-order chi connectivity index (χ0) is 11.8. The van der Waals surface area contributed by atoms with Crippen LogP contribution in [0.1, 0.15) is 33.0 Å². The Kier molecular flexibility index (Phi) is 3.17. The fourth-order valence-corrected chi connectivity index (χ4v) is 2.65. The van der Waals surface area contributed by atoms with E-state index in [0.717, 1.165) is 17.5 Å². The van der Waals surface area contributed by atoms with Crippen LogP contribution in [0.2, 0.25) is 0 Å². The lowest BCUT2D eigenvalue weighted by Gasteiger charge is -2.13. The van der Waals surface area contributed by atoms with Gasteiger partial charge in [0.25, 0.3) is 0 Å². The summed E-state index contributed by atoms with van der Waals surface area (Å²) < 4.78 is 4.40. The fraction of sp³-hybridized carbons (Fsp3) is 0.818. The quantitative estimate of drug-likeness (QED) is 0.858. The molecular formula is C11H20N4S. The number of nitrogens with one attached hydrogen (secondary N) is 1. The smallest absolute Gasteiger partial charge is 0.202 e. The van der Waals surface area contributed by atoms with Gasteiger partial charge in [0.2, 0.25) is 5.13 Å². The number of aromatic nitrogens is 2. The van der Waals surface area contributed by atoms with Crippen molar-refractivity contribution in [1.82, 2.24) is 14.3 Å². The predicted octanol–water partition coefficient (Wildman–Crippen LogP) is 1.95. The normalized spacial score (nSPS) is 22.6. The molecule has 1 unspecified atom stereocenters. The Balaban J connectivity index is 1.98. The summed E-state index contributed by atoms with van der Waals surface area (Å²) in [6, 6.07) is 0.533. The first-order valence-electron chi connectivity index (χ1n) is 5.74. The minimum Gasteiger partial charge on any atom is -0.356 e. The number of likely N-dealkylation sites (N-methyl/N-ethyl adjacent to an activating group) is 1. The average molecular weight is 240 g/mol. The van der Waals surface area contributed by atoms with E-state index in [1.807, 2.05) is 0 Å². The van der Waals surface area contributed by atoms with Gasteiger partial charge < -0.3 is 10.2 Å². The molecule has 5 heteroatoms. The van der Waals surface area contributed by atoms with E-state index in [9.17, 15) is 0 Å². The minimum atomic E-state index is 0.0445. The fourth-order valence-electron chi connectivity index (χ4n) is 1.81. The summed E-state index contributed by atoms with van der Waals surface area (Å²) in [5.41, 5.74) is 0.0445. The molecule has 1 saturated heterocycles. The van der Waals surface area contributed by atoms with Crippen LogP contribution >= 0.6 is 11.5 Å². The molecule has 1 aromatic heterocycles. The van der Waals surface area contributed by atoms with E-state index in [4.69, 9.17) is 0 Å². The highest BCUT2D eigenvalue weighted by molar-refractivity contribution is 7.09. The van der Waals surface area contributed by atoms with Crippen LogP contribution in [0.4, 0.5) is 5.13 Å². The Bertz CT molecular complexity index is 355. The van der Waals surface area contributed by atoms with Gasteiger partial charge in [-0.2, -0.15) is 4.37 Å². The van der Waals surface area contributed by atoms with Gasteiger partial charge in [-0.05, 0) is 20.0 Å². The van der Waals surface area contributed by atoms with Crippen molar-refractivity contribution < 1.29 is 0 Å². The van der Waals surface area contributed by atoms with Crippen molar-refractivity contribution in [2.75, 3.05) is 25.5 Å². The SMILES string of the molecule is CN1CCC(Nc2nc(C(C)(C)C)ns2)C1. The molecule has 1 aliphatic rings. The molecule has 1 N–H and O–H groups in total. The molecule has 1 fully saturated rings. The summed E-state index contributed by atoms with van der Waals surface area (Å²) in [7, 11) is 2.16. The molecule has 1 atom stereocenters. The molecule has 90 valence electrons. The van der Waals surface area contributed by atoms with E-state index < -0.39 is 0 Å². The van der Waals surface area contributed by atoms with Crippen LogP contribution in [0.5, 0.6) is 0 Å². The zero-order valence-corrected chi connectivity index (χ0v) is 11.3. The third kappa shape index (κ3) is 2.71. The third-order valence-corrected chi connectivity index (χ3v) is 3.46. The number of rotatable bonds is 2.